The first-order valence-corrected chi connectivity index (χ1v) is 12.4. The number of H-pyrrole nitrogens is 1. The summed E-state index contributed by atoms with van der Waals surface area (Å²) in [5.74, 6) is -0.537. The first kappa shape index (κ1) is 26.6. The number of anilines is 2. The van der Waals surface area contributed by atoms with E-state index in [1.165, 1.54) is 6.07 Å². The SMILES string of the molecule is O=C(NC12CC(C1)C2)O[C@H]1CC[C@@H](c2cc(Nc3nc(C(F)(F)F)cc4nc(COC(F)(F)F)cn34)n[nH]2)[C@@H]1F. The molecule has 216 valence electrons. The Labute approximate surface area is 220 Å². The van der Waals surface area contributed by atoms with E-state index >= 15 is 4.39 Å². The van der Waals surface area contributed by atoms with Crippen molar-refractivity contribution in [2.75, 3.05) is 5.32 Å². The maximum Gasteiger partial charge on any atom is 0.522 e. The summed E-state index contributed by atoms with van der Waals surface area (Å²) >= 11 is 0. The number of amides is 1. The van der Waals surface area contributed by atoms with Gasteiger partial charge in [-0.1, -0.05) is 0 Å². The van der Waals surface area contributed by atoms with Crippen LogP contribution in [0.4, 0.5) is 47.3 Å². The van der Waals surface area contributed by atoms with Crippen LogP contribution in [0.2, 0.25) is 0 Å². The van der Waals surface area contributed by atoms with Crippen molar-refractivity contribution in [2.45, 2.75) is 75.0 Å². The molecule has 0 aliphatic heterocycles. The predicted octanol–water partition coefficient (Wildman–Crippen LogP) is 5.11. The number of nitrogens with one attached hydrogen (secondary N) is 3. The maximum atomic E-state index is 15.2. The lowest BCUT2D eigenvalue weighted by molar-refractivity contribution is -0.330. The highest BCUT2D eigenvalue weighted by atomic mass is 19.4. The quantitative estimate of drug-likeness (QED) is 0.334. The number of aromatic nitrogens is 5. The summed E-state index contributed by atoms with van der Waals surface area (Å²) in [6, 6.07) is 1.95. The van der Waals surface area contributed by atoms with Gasteiger partial charge in [-0.2, -0.15) is 18.3 Å². The number of rotatable bonds is 7. The predicted molar refractivity (Wildman–Crippen MR) is 121 cm³/mol. The molecule has 3 aromatic rings. The molecule has 1 amide bonds. The number of hydrogen-bond acceptors (Lipinski definition) is 7. The fourth-order valence-corrected chi connectivity index (χ4v) is 5.59. The monoisotopic (exact) mass is 577 g/mol. The van der Waals surface area contributed by atoms with Crippen LogP contribution in [0, 0.1) is 5.92 Å². The minimum atomic E-state index is -4.96. The highest BCUT2D eigenvalue weighted by Gasteiger charge is 2.58. The summed E-state index contributed by atoms with van der Waals surface area (Å²) in [5.41, 5.74) is -1.87. The lowest BCUT2D eigenvalue weighted by Gasteiger charge is -2.61. The molecule has 4 fully saturated rings. The van der Waals surface area contributed by atoms with Crippen molar-refractivity contribution in [1.29, 1.82) is 0 Å². The molecule has 17 heteroatoms. The molecule has 3 aromatic heterocycles. The van der Waals surface area contributed by atoms with E-state index in [1.807, 2.05) is 0 Å². The smallest absolute Gasteiger partial charge is 0.443 e. The van der Waals surface area contributed by atoms with Gasteiger partial charge in [0.15, 0.2) is 11.5 Å². The molecule has 3 atom stereocenters. The zero-order chi connectivity index (χ0) is 28.4. The number of hydrogen-bond donors (Lipinski definition) is 3. The number of ether oxygens (including phenoxy) is 2. The van der Waals surface area contributed by atoms with Crippen molar-refractivity contribution in [3.05, 3.63) is 35.4 Å². The molecule has 3 heterocycles. The molecular weight excluding hydrogens is 555 g/mol. The molecule has 2 bridgehead atoms. The van der Waals surface area contributed by atoms with Crippen molar-refractivity contribution >= 4 is 23.5 Å². The van der Waals surface area contributed by atoms with E-state index in [0.717, 1.165) is 29.9 Å². The normalized spacial score (nSPS) is 27.8. The molecule has 3 N–H and O–H groups in total. The zero-order valence-electron chi connectivity index (χ0n) is 20.4. The van der Waals surface area contributed by atoms with Crippen LogP contribution in [-0.2, 0) is 22.3 Å². The van der Waals surface area contributed by atoms with Crippen LogP contribution >= 0.6 is 0 Å². The van der Waals surface area contributed by atoms with Crippen LogP contribution < -0.4 is 10.6 Å². The van der Waals surface area contributed by atoms with Crippen LogP contribution in [-0.4, -0.2) is 54.8 Å². The number of alkyl halides is 7. The molecule has 0 saturated heterocycles. The van der Waals surface area contributed by atoms with E-state index in [2.05, 4.69) is 35.5 Å². The lowest BCUT2D eigenvalue weighted by atomic mass is 9.50. The van der Waals surface area contributed by atoms with Crippen LogP contribution in [0.25, 0.3) is 5.65 Å². The second kappa shape index (κ2) is 9.21. The lowest BCUT2D eigenvalue weighted by Crippen LogP contribution is -2.68. The van der Waals surface area contributed by atoms with Gasteiger partial charge in [0.2, 0.25) is 5.95 Å². The molecule has 40 heavy (non-hydrogen) atoms. The first-order valence-electron chi connectivity index (χ1n) is 12.4. The van der Waals surface area contributed by atoms with Gasteiger partial charge in [-0.3, -0.25) is 14.2 Å². The molecule has 4 aliphatic rings. The van der Waals surface area contributed by atoms with Gasteiger partial charge in [0.1, 0.15) is 17.9 Å². The highest BCUT2D eigenvalue weighted by molar-refractivity contribution is 5.69. The Balaban J connectivity index is 1.16. The largest absolute Gasteiger partial charge is 0.522 e. The number of nitrogens with zero attached hydrogens (tertiary/aromatic N) is 4. The third-order valence-corrected chi connectivity index (χ3v) is 7.58. The van der Waals surface area contributed by atoms with Gasteiger partial charge in [0.05, 0.1) is 12.3 Å². The molecular formula is C23H22F7N7O3. The standard InChI is InChI=1S/C23H22F7N7O3/c24-18-12(1-2-14(18)40-20(38)34-21-5-10(6-21)7-21)13-3-16(36-35-13)33-19-32-15(22(25,26)27)4-17-31-11(8-37(17)19)9-39-23(28,29)30/h3-4,8,10,12,14,18H,1-2,5-7,9H2,(H,34,38)(H2,32,33,35,36)/t10?,12-,14-,18-,21?/m0/s1. The van der Waals surface area contributed by atoms with E-state index in [1.54, 1.807) is 0 Å². The fraction of sp³-hybridized carbons (Fsp3) is 0.565. The van der Waals surface area contributed by atoms with Gasteiger partial charge >= 0.3 is 18.6 Å². The van der Waals surface area contributed by atoms with Gasteiger partial charge in [-0.15, -0.1) is 13.2 Å². The van der Waals surface area contributed by atoms with Crippen molar-refractivity contribution in [3.8, 4) is 0 Å². The van der Waals surface area contributed by atoms with Crippen molar-refractivity contribution in [3.63, 3.8) is 0 Å². The van der Waals surface area contributed by atoms with Crippen molar-refractivity contribution < 1.29 is 45.0 Å². The van der Waals surface area contributed by atoms with Gasteiger partial charge < -0.3 is 15.4 Å². The van der Waals surface area contributed by atoms with E-state index in [-0.39, 0.29) is 29.1 Å². The van der Waals surface area contributed by atoms with Gasteiger partial charge in [-0.05, 0) is 38.0 Å². The molecule has 0 unspecified atom stereocenters. The van der Waals surface area contributed by atoms with E-state index in [4.69, 9.17) is 4.74 Å². The third-order valence-electron chi connectivity index (χ3n) is 7.58. The highest BCUT2D eigenvalue weighted by Crippen LogP contribution is 2.57. The molecule has 0 aromatic carbocycles. The Morgan fingerprint density at radius 2 is 1.88 bits per heavy atom. The average Bonchev–Trinajstić information content (AvgIpc) is 3.52. The molecule has 4 saturated carbocycles. The average molecular weight is 577 g/mol. The molecule has 0 spiro atoms. The summed E-state index contributed by atoms with van der Waals surface area (Å²) in [5, 5.41) is 12.0. The number of fused-ring (bicyclic) bond motifs is 1. The number of alkyl carbamates (subject to hydrolysis) is 1. The Morgan fingerprint density at radius 3 is 2.52 bits per heavy atom. The zero-order valence-corrected chi connectivity index (χ0v) is 20.4. The summed E-state index contributed by atoms with van der Waals surface area (Å²) < 4.78 is 103. The number of aromatic amines is 1. The number of imidazole rings is 1. The second-order valence-electron chi connectivity index (χ2n) is 10.4. The Kier molecular flexibility index (Phi) is 6.12. The number of halogens is 7. The summed E-state index contributed by atoms with van der Waals surface area (Å²) in [6.45, 7) is -1.03. The summed E-state index contributed by atoms with van der Waals surface area (Å²) in [6.07, 6.45) is -8.65. The van der Waals surface area contributed by atoms with Gasteiger partial charge in [-0.25, -0.2) is 19.2 Å². The van der Waals surface area contributed by atoms with Crippen molar-refractivity contribution in [2.24, 2.45) is 5.92 Å². The fourth-order valence-electron chi connectivity index (χ4n) is 5.59. The summed E-state index contributed by atoms with van der Waals surface area (Å²) in [4.78, 5) is 19.5. The first-order chi connectivity index (χ1) is 18.8. The van der Waals surface area contributed by atoms with Crippen LogP contribution in [0.5, 0.6) is 0 Å². The van der Waals surface area contributed by atoms with E-state index in [0.29, 0.717) is 24.1 Å². The molecule has 4 aliphatic carbocycles. The molecule has 10 nitrogen and oxygen atoms in total. The number of carbonyl (C=O) groups is 1. The topological polar surface area (TPSA) is 118 Å². The minimum Gasteiger partial charge on any atom is -0.443 e. The Bertz CT molecular complexity index is 1420. The van der Waals surface area contributed by atoms with Crippen LogP contribution in [0.1, 0.15) is 55.1 Å². The van der Waals surface area contributed by atoms with E-state index in [9.17, 15) is 31.1 Å². The van der Waals surface area contributed by atoms with Crippen LogP contribution in [0.3, 0.4) is 0 Å². The maximum absolute atomic E-state index is 15.2. The Hall–Kier alpha value is -3.63. The van der Waals surface area contributed by atoms with Crippen molar-refractivity contribution in [1.82, 2.24) is 29.9 Å². The molecule has 0 radical (unpaired) electrons. The molecule has 7 rings (SSSR count). The van der Waals surface area contributed by atoms with Gasteiger partial charge in [0, 0.05) is 35.5 Å². The van der Waals surface area contributed by atoms with Crippen LogP contribution in [0.15, 0.2) is 18.3 Å². The van der Waals surface area contributed by atoms with E-state index < -0.39 is 55.1 Å². The Morgan fingerprint density at radius 1 is 1.12 bits per heavy atom. The number of carbonyl (C=O) groups excluding carboxylic acids is 1. The van der Waals surface area contributed by atoms with Gasteiger partial charge in [0.25, 0.3) is 0 Å². The third kappa shape index (κ3) is 5.13. The second-order valence-corrected chi connectivity index (χ2v) is 10.4. The summed E-state index contributed by atoms with van der Waals surface area (Å²) in [7, 11) is 0. The minimum absolute atomic E-state index is 0.0251.